The van der Waals surface area contributed by atoms with E-state index in [2.05, 4.69) is 34.8 Å². The molecule has 9 heteroatoms. The second-order valence-corrected chi connectivity index (χ2v) is 6.34. The van der Waals surface area contributed by atoms with Crippen LogP contribution < -0.4 is 15.4 Å². The quantitative estimate of drug-likeness (QED) is 0.754. The summed E-state index contributed by atoms with van der Waals surface area (Å²) in [5.74, 6) is 1.71. The summed E-state index contributed by atoms with van der Waals surface area (Å²) in [5, 5.41) is 4.50. The SMILES string of the molecule is CC(C)n1nc(N2CCN(c3ncnc4nc[nH]c34)CC2)ccc1=O. The van der Waals surface area contributed by atoms with Crippen molar-refractivity contribution >= 4 is 22.8 Å². The van der Waals surface area contributed by atoms with Crippen LogP contribution in [0.15, 0.2) is 29.6 Å². The molecular formula is C16H20N8O. The zero-order valence-electron chi connectivity index (χ0n) is 14.3. The van der Waals surface area contributed by atoms with Gasteiger partial charge >= 0.3 is 0 Å². The van der Waals surface area contributed by atoms with Gasteiger partial charge in [-0.25, -0.2) is 19.6 Å². The molecule has 0 spiro atoms. The van der Waals surface area contributed by atoms with E-state index >= 15 is 0 Å². The lowest BCUT2D eigenvalue weighted by molar-refractivity contribution is 0.497. The topological polar surface area (TPSA) is 95.8 Å². The van der Waals surface area contributed by atoms with Gasteiger partial charge in [0.2, 0.25) is 0 Å². The molecular weight excluding hydrogens is 320 g/mol. The number of hydrogen-bond donors (Lipinski definition) is 1. The molecule has 1 saturated heterocycles. The minimum Gasteiger partial charge on any atom is -0.352 e. The molecule has 3 aromatic rings. The summed E-state index contributed by atoms with van der Waals surface area (Å²) in [4.78, 5) is 32.2. The van der Waals surface area contributed by atoms with Gasteiger partial charge in [-0.05, 0) is 19.9 Å². The van der Waals surface area contributed by atoms with Crippen molar-refractivity contribution in [3.05, 3.63) is 35.1 Å². The molecule has 0 amide bonds. The van der Waals surface area contributed by atoms with Crippen LogP contribution >= 0.6 is 0 Å². The number of anilines is 2. The van der Waals surface area contributed by atoms with Crippen LogP contribution in [0.3, 0.4) is 0 Å². The lowest BCUT2D eigenvalue weighted by Crippen LogP contribution is -2.47. The van der Waals surface area contributed by atoms with Gasteiger partial charge in [-0.1, -0.05) is 0 Å². The Hall–Kier alpha value is -2.97. The van der Waals surface area contributed by atoms with Gasteiger partial charge in [-0.15, -0.1) is 0 Å². The van der Waals surface area contributed by atoms with E-state index in [4.69, 9.17) is 0 Å². The third-order valence-corrected chi connectivity index (χ3v) is 4.41. The van der Waals surface area contributed by atoms with Crippen molar-refractivity contribution < 1.29 is 0 Å². The number of hydrogen-bond acceptors (Lipinski definition) is 7. The van der Waals surface area contributed by atoms with Crippen molar-refractivity contribution in [3.8, 4) is 0 Å². The Bertz CT molecular complexity index is 938. The summed E-state index contributed by atoms with van der Waals surface area (Å²) in [7, 11) is 0. The van der Waals surface area contributed by atoms with E-state index in [0.29, 0.717) is 5.65 Å². The highest BCUT2D eigenvalue weighted by Gasteiger charge is 2.22. The Kier molecular flexibility index (Phi) is 3.83. The molecule has 0 radical (unpaired) electrons. The highest BCUT2D eigenvalue weighted by Crippen LogP contribution is 2.22. The molecule has 0 unspecified atom stereocenters. The van der Waals surface area contributed by atoms with Crippen molar-refractivity contribution in [1.29, 1.82) is 0 Å². The second kappa shape index (κ2) is 6.15. The lowest BCUT2D eigenvalue weighted by atomic mass is 10.3. The number of nitrogens with zero attached hydrogens (tertiary/aromatic N) is 7. The van der Waals surface area contributed by atoms with Gasteiger partial charge in [-0.2, -0.15) is 5.10 Å². The van der Waals surface area contributed by atoms with Crippen molar-refractivity contribution in [2.45, 2.75) is 19.9 Å². The zero-order chi connectivity index (χ0) is 17.4. The Balaban J connectivity index is 1.53. The van der Waals surface area contributed by atoms with Crippen LogP contribution in [0.4, 0.5) is 11.6 Å². The van der Waals surface area contributed by atoms with Gasteiger partial charge < -0.3 is 14.8 Å². The normalized spacial score (nSPS) is 15.3. The molecule has 1 aliphatic heterocycles. The van der Waals surface area contributed by atoms with Crippen molar-refractivity contribution in [1.82, 2.24) is 29.7 Å². The van der Waals surface area contributed by atoms with Crippen molar-refractivity contribution in [2.75, 3.05) is 36.0 Å². The number of aromatic nitrogens is 6. The molecule has 0 saturated carbocycles. The smallest absolute Gasteiger partial charge is 0.267 e. The molecule has 3 aromatic heterocycles. The van der Waals surface area contributed by atoms with E-state index in [-0.39, 0.29) is 11.6 Å². The number of rotatable bonds is 3. The third kappa shape index (κ3) is 2.81. The van der Waals surface area contributed by atoms with E-state index < -0.39 is 0 Å². The average molecular weight is 340 g/mol. The summed E-state index contributed by atoms with van der Waals surface area (Å²) in [5.41, 5.74) is 1.47. The highest BCUT2D eigenvalue weighted by atomic mass is 16.1. The molecule has 1 aliphatic rings. The minimum atomic E-state index is -0.0694. The van der Waals surface area contributed by atoms with Crippen molar-refractivity contribution in [2.24, 2.45) is 0 Å². The maximum atomic E-state index is 11.9. The van der Waals surface area contributed by atoms with E-state index in [0.717, 1.165) is 43.3 Å². The molecule has 0 bridgehead atoms. The van der Waals surface area contributed by atoms with Gasteiger partial charge in [0.05, 0.1) is 12.4 Å². The predicted molar refractivity (Wildman–Crippen MR) is 95.0 cm³/mol. The Morgan fingerprint density at radius 3 is 2.56 bits per heavy atom. The average Bonchev–Trinajstić information content (AvgIpc) is 3.11. The monoisotopic (exact) mass is 340 g/mol. The summed E-state index contributed by atoms with van der Waals surface area (Å²) >= 11 is 0. The third-order valence-electron chi connectivity index (χ3n) is 4.41. The summed E-state index contributed by atoms with van der Waals surface area (Å²) < 4.78 is 1.53. The summed E-state index contributed by atoms with van der Waals surface area (Å²) in [6, 6.07) is 3.44. The first-order chi connectivity index (χ1) is 12.1. The predicted octanol–water partition coefficient (Wildman–Crippen LogP) is 0.817. The van der Waals surface area contributed by atoms with E-state index in [1.54, 1.807) is 24.8 Å². The molecule has 0 aliphatic carbocycles. The fourth-order valence-corrected chi connectivity index (χ4v) is 3.09. The maximum Gasteiger partial charge on any atom is 0.267 e. The fraction of sp³-hybridized carbons (Fsp3) is 0.438. The molecule has 9 nitrogen and oxygen atoms in total. The molecule has 4 heterocycles. The number of piperazine rings is 1. The number of imidazole rings is 1. The minimum absolute atomic E-state index is 0.0448. The second-order valence-electron chi connectivity index (χ2n) is 6.34. The van der Waals surface area contributed by atoms with Gasteiger partial charge in [0.1, 0.15) is 17.7 Å². The van der Waals surface area contributed by atoms with E-state index in [1.807, 2.05) is 13.8 Å². The molecule has 4 rings (SSSR count). The number of H-pyrrole nitrogens is 1. The van der Waals surface area contributed by atoms with Crippen LogP contribution in [0, 0.1) is 0 Å². The van der Waals surface area contributed by atoms with E-state index in [9.17, 15) is 4.79 Å². The Morgan fingerprint density at radius 2 is 1.80 bits per heavy atom. The molecule has 25 heavy (non-hydrogen) atoms. The lowest BCUT2D eigenvalue weighted by Gasteiger charge is -2.36. The number of fused-ring (bicyclic) bond motifs is 1. The zero-order valence-corrected chi connectivity index (χ0v) is 14.3. The van der Waals surface area contributed by atoms with Gasteiger partial charge in [0, 0.05) is 32.2 Å². The van der Waals surface area contributed by atoms with Gasteiger partial charge in [0.15, 0.2) is 11.5 Å². The summed E-state index contributed by atoms with van der Waals surface area (Å²) in [6.45, 7) is 7.16. The molecule has 130 valence electrons. The molecule has 0 atom stereocenters. The van der Waals surface area contributed by atoms with E-state index in [1.165, 1.54) is 4.68 Å². The van der Waals surface area contributed by atoms with Crippen LogP contribution in [0.5, 0.6) is 0 Å². The van der Waals surface area contributed by atoms with Crippen LogP contribution in [-0.2, 0) is 0 Å². The highest BCUT2D eigenvalue weighted by molar-refractivity contribution is 5.82. The first-order valence-electron chi connectivity index (χ1n) is 8.37. The number of nitrogens with one attached hydrogen (secondary N) is 1. The fourth-order valence-electron chi connectivity index (χ4n) is 3.09. The number of aromatic amines is 1. The van der Waals surface area contributed by atoms with Gasteiger partial charge in [-0.3, -0.25) is 4.79 Å². The van der Waals surface area contributed by atoms with Crippen LogP contribution in [0.1, 0.15) is 19.9 Å². The first-order valence-corrected chi connectivity index (χ1v) is 8.37. The van der Waals surface area contributed by atoms with Crippen LogP contribution in [0.2, 0.25) is 0 Å². The molecule has 0 aromatic carbocycles. The molecule has 1 fully saturated rings. The largest absolute Gasteiger partial charge is 0.352 e. The standard InChI is InChI=1S/C16H20N8O/c1-11(2)24-13(25)4-3-12(21-24)22-5-7-23(8-6-22)16-14-15(18-9-17-14)19-10-20-16/h3-4,9-11H,5-8H2,1-2H3,(H,17,18,19,20). The maximum absolute atomic E-state index is 11.9. The van der Waals surface area contributed by atoms with Crippen molar-refractivity contribution in [3.63, 3.8) is 0 Å². The Morgan fingerprint density at radius 1 is 1.04 bits per heavy atom. The van der Waals surface area contributed by atoms with Gasteiger partial charge in [0.25, 0.3) is 5.56 Å². The molecule has 1 N–H and O–H groups in total. The first kappa shape index (κ1) is 15.6. The Labute approximate surface area is 144 Å². The summed E-state index contributed by atoms with van der Waals surface area (Å²) in [6.07, 6.45) is 3.18. The van der Waals surface area contributed by atoms with Crippen LogP contribution in [0.25, 0.3) is 11.2 Å². The van der Waals surface area contributed by atoms with Crippen LogP contribution in [-0.4, -0.2) is 55.9 Å².